The van der Waals surface area contributed by atoms with Gasteiger partial charge in [-0.1, -0.05) is 0 Å². The smallest absolute Gasteiger partial charge is 0.308 e. The van der Waals surface area contributed by atoms with E-state index in [4.69, 9.17) is 5.11 Å². The number of carboxylic acid groups (broad SMARTS) is 1. The van der Waals surface area contributed by atoms with E-state index in [-0.39, 0.29) is 6.04 Å². The summed E-state index contributed by atoms with van der Waals surface area (Å²) in [5, 5.41) is 15.2. The number of hydrogen-bond acceptors (Lipinski definition) is 4. The van der Waals surface area contributed by atoms with Crippen LogP contribution in [0.1, 0.15) is 13.8 Å². The summed E-state index contributed by atoms with van der Waals surface area (Å²) in [4.78, 5) is 15.1. The number of nitrogens with zero attached hydrogens (tertiary/aromatic N) is 1. The van der Waals surface area contributed by atoms with Crippen LogP contribution < -0.4 is 5.32 Å². The number of anilines is 1. The van der Waals surface area contributed by atoms with Crippen molar-refractivity contribution >= 4 is 33.2 Å². The number of aromatic nitrogens is 1. The summed E-state index contributed by atoms with van der Waals surface area (Å²) < 4.78 is 1.15. The maximum absolute atomic E-state index is 10.9. The molecule has 2 aromatic rings. The maximum atomic E-state index is 10.9. The van der Waals surface area contributed by atoms with E-state index in [1.165, 1.54) is 0 Å². The van der Waals surface area contributed by atoms with Crippen molar-refractivity contribution in [2.75, 3.05) is 5.32 Å². The van der Waals surface area contributed by atoms with Gasteiger partial charge in [-0.2, -0.15) is 0 Å². The summed E-state index contributed by atoms with van der Waals surface area (Å²) in [7, 11) is 0. The Kier molecular flexibility index (Phi) is 3.28. The Morgan fingerprint density at radius 3 is 2.94 bits per heavy atom. The van der Waals surface area contributed by atoms with E-state index < -0.39 is 11.9 Å². The average molecular weight is 250 g/mol. The number of carbonyl (C=O) groups is 1. The number of fused-ring (bicyclic) bond motifs is 1. The molecule has 0 aromatic carbocycles. The van der Waals surface area contributed by atoms with Gasteiger partial charge in [0.2, 0.25) is 0 Å². The fourth-order valence-corrected chi connectivity index (χ4v) is 2.35. The number of nitrogens with one attached hydrogen (secondary N) is 1. The fraction of sp³-hybridized carbons (Fsp3) is 0.333. The summed E-state index contributed by atoms with van der Waals surface area (Å²) in [5.74, 6) is -0.502. The molecule has 0 spiro atoms. The third-order valence-corrected chi connectivity index (χ3v) is 3.77. The van der Waals surface area contributed by atoms with E-state index in [2.05, 4.69) is 10.3 Å². The van der Waals surface area contributed by atoms with Crippen LogP contribution in [0.15, 0.2) is 23.7 Å². The summed E-state index contributed by atoms with van der Waals surface area (Å²) in [6.45, 7) is 3.54. The van der Waals surface area contributed by atoms with Crippen molar-refractivity contribution in [3.05, 3.63) is 23.7 Å². The molecule has 0 bridgehead atoms. The molecule has 2 unspecified atom stereocenters. The molecule has 0 saturated heterocycles. The second-order valence-corrected chi connectivity index (χ2v) is 5.00. The lowest BCUT2D eigenvalue weighted by molar-refractivity contribution is -0.141. The van der Waals surface area contributed by atoms with Crippen LogP contribution in [0.4, 0.5) is 5.82 Å². The van der Waals surface area contributed by atoms with Crippen LogP contribution in [0, 0.1) is 5.92 Å². The minimum atomic E-state index is -0.803. The molecule has 0 radical (unpaired) electrons. The van der Waals surface area contributed by atoms with Crippen LogP contribution in [0.5, 0.6) is 0 Å². The van der Waals surface area contributed by atoms with Gasteiger partial charge in [0.05, 0.1) is 5.92 Å². The normalized spacial score (nSPS) is 14.5. The van der Waals surface area contributed by atoms with Gasteiger partial charge in [-0.15, -0.1) is 11.3 Å². The summed E-state index contributed by atoms with van der Waals surface area (Å²) in [5.41, 5.74) is 0. The standard InChI is InChI=1S/C12H14N2O2S/c1-7(12(15)16)8(2)14-11-9-4-6-17-10(9)3-5-13-11/h3-8H,1-2H3,(H,13,14)(H,15,16). The van der Waals surface area contributed by atoms with Gasteiger partial charge in [-0.05, 0) is 31.4 Å². The van der Waals surface area contributed by atoms with E-state index in [1.807, 2.05) is 24.4 Å². The number of thiophene rings is 1. The van der Waals surface area contributed by atoms with Crippen molar-refractivity contribution in [1.29, 1.82) is 0 Å². The summed E-state index contributed by atoms with van der Waals surface area (Å²) >= 11 is 1.65. The Bertz CT molecular complexity index is 538. The van der Waals surface area contributed by atoms with Crippen molar-refractivity contribution in [2.24, 2.45) is 5.92 Å². The molecule has 5 heteroatoms. The van der Waals surface area contributed by atoms with Gasteiger partial charge >= 0.3 is 5.97 Å². The highest BCUT2D eigenvalue weighted by Crippen LogP contribution is 2.26. The quantitative estimate of drug-likeness (QED) is 0.876. The number of rotatable bonds is 4. The van der Waals surface area contributed by atoms with Crippen molar-refractivity contribution in [1.82, 2.24) is 4.98 Å². The van der Waals surface area contributed by atoms with Crippen molar-refractivity contribution < 1.29 is 9.90 Å². The number of pyridine rings is 1. The minimum absolute atomic E-state index is 0.162. The highest BCUT2D eigenvalue weighted by molar-refractivity contribution is 7.17. The van der Waals surface area contributed by atoms with Crippen molar-refractivity contribution in [3.8, 4) is 0 Å². The lowest BCUT2D eigenvalue weighted by atomic mass is 10.0. The van der Waals surface area contributed by atoms with Crippen molar-refractivity contribution in [3.63, 3.8) is 0 Å². The van der Waals surface area contributed by atoms with Crippen LogP contribution in [0.2, 0.25) is 0 Å². The van der Waals surface area contributed by atoms with Crippen LogP contribution in [-0.4, -0.2) is 22.1 Å². The molecule has 2 aromatic heterocycles. The largest absolute Gasteiger partial charge is 0.481 e. The molecule has 2 N–H and O–H groups in total. The van der Waals surface area contributed by atoms with Gasteiger partial charge < -0.3 is 10.4 Å². The number of aliphatic carboxylic acids is 1. The monoisotopic (exact) mass is 250 g/mol. The number of hydrogen-bond donors (Lipinski definition) is 2. The first-order chi connectivity index (χ1) is 8.09. The van der Waals surface area contributed by atoms with E-state index in [9.17, 15) is 4.79 Å². The van der Waals surface area contributed by atoms with Gasteiger partial charge in [0, 0.05) is 22.3 Å². The maximum Gasteiger partial charge on any atom is 0.308 e. The molecule has 90 valence electrons. The van der Waals surface area contributed by atoms with E-state index >= 15 is 0 Å². The average Bonchev–Trinajstić information content (AvgIpc) is 2.76. The third kappa shape index (κ3) is 2.39. The van der Waals surface area contributed by atoms with Gasteiger partial charge in [-0.25, -0.2) is 4.98 Å². The first-order valence-corrected chi connectivity index (χ1v) is 6.29. The molecule has 0 saturated carbocycles. The molecule has 17 heavy (non-hydrogen) atoms. The Morgan fingerprint density at radius 2 is 2.24 bits per heavy atom. The third-order valence-electron chi connectivity index (χ3n) is 2.88. The molecule has 0 aliphatic heterocycles. The molecule has 0 fully saturated rings. The van der Waals surface area contributed by atoms with Gasteiger partial charge in [-0.3, -0.25) is 4.79 Å². The Balaban J connectivity index is 2.23. The molecular formula is C12H14N2O2S. The van der Waals surface area contributed by atoms with E-state index in [0.29, 0.717) is 0 Å². The van der Waals surface area contributed by atoms with Gasteiger partial charge in [0.25, 0.3) is 0 Å². The summed E-state index contributed by atoms with van der Waals surface area (Å²) in [6.07, 6.45) is 1.74. The van der Waals surface area contributed by atoms with E-state index in [1.54, 1.807) is 24.5 Å². The van der Waals surface area contributed by atoms with E-state index in [0.717, 1.165) is 15.9 Å². The second kappa shape index (κ2) is 4.71. The Morgan fingerprint density at radius 1 is 1.47 bits per heavy atom. The van der Waals surface area contributed by atoms with Crippen molar-refractivity contribution in [2.45, 2.75) is 19.9 Å². The van der Waals surface area contributed by atoms with Crippen LogP contribution in [-0.2, 0) is 4.79 Å². The highest BCUT2D eigenvalue weighted by atomic mass is 32.1. The molecule has 0 aliphatic carbocycles. The predicted molar refractivity (Wildman–Crippen MR) is 69.5 cm³/mol. The zero-order valence-electron chi connectivity index (χ0n) is 9.68. The highest BCUT2D eigenvalue weighted by Gasteiger charge is 2.20. The minimum Gasteiger partial charge on any atom is -0.481 e. The molecule has 4 nitrogen and oxygen atoms in total. The zero-order valence-corrected chi connectivity index (χ0v) is 10.5. The topological polar surface area (TPSA) is 62.2 Å². The number of carboxylic acids is 1. The fourth-order valence-electron chi connectivity index (χ4n) is 1.56. The van der Waals surface area contributed by atoms with Gasteiger partial charge in [0.1, 0.15) is 5.82 Å². The van der Waals surface area contributed by atoms with Crippen LogP contribution >= 0.6 is 11.3 Å². The Labute approximate surface area is 103 Å². The first-order valence-electron chi connectivity index (χ1n) is 5.41. The molecular weight excluding hydrogens is 236 g/mol. The molecule has 2 atom stereocenters. The zero-order chi connectivity index (χ0) is 12.4. The predicted octanol–water partition coefficient (Wildman–Crippen LogP) is 2.82. The Hall–Kier alpha value is -1.62. The lowest BCUT2D eigenvalue weighted by Crippen LogP contribution is -2.30. The van der Waals surface area contributed by atoms with Gasteiger partial charge in [0.15, 0.2) is 0 Å². The summed E-state index contributed by atoms with van der Waals surface area (Å²) in [6, 6.07) is 3.79. The molecule has 0 aliphatic rings. The lowest BCUT2D eigenvalue weighted by Gasteiger charge is -2.18. The molecule has 0 amide bonds. The van der Waals surface area contributed by atoms with Crippen LogP contribution in [0.3, 0.4) is 0 Å². The molecule has 2 heterocycles. The van der Waals surface area contributed by atoms with Crippen LogP contribution in [0.25, 0.3) is 10.1 Å². The second-order valence-electron chi connectivity index (χ2n) is 4.05. The SMILES string of the molecule is CC(Nc1nccc2sccc12)C(C)C(=O)O. The molecule has 2 rings (SSSR count). The first kappa shape index (κ1) is 11.9.